The Morgan fingerprint density at radius 1 is 0.974 bits per heavy atom. The minimum atomic E-state index is -0.746. The van der Waals surface area contributed by atoms with Gasteiger partial charge >= 0.3 is 11.9 Å². The second-order valence-electron chi connectivity index (χ2n) is 10.4. The van der Waals surface area contributed by atoms with E-state index < -0.39 is 11.5 Å². The van der Waals surface area contributed by atoms with Gasteiger partial charge in [0.25, 0.3) is 5.91 Å². The van der Waals surface area contributed by atoms with Gasteiger partial charge in [-0.05, 0) is 62.8 Å². The van der Waals surface area contributed by atoms with E-state index in [1.807, 2.05) is 37.3 Å². The maximum absolute atomic E-state index is 14.2. The monoisotopic (exact) mass is 523 g/mol. The number of carbonyl (C=O) groups is 3. The summed E-state index contributed by atoms with van der Waals surface area (Å²) in [7, 11) is 1.53. The average molecular weight is 524 g/mol. The quantitative estimate of drug-likeness (QED) is 0.356. The van der Waals surface area contributed by atoms with Crippen molar-refractivity contribution in [2.24, 2.45) is 0 Å². The summed E-state index contributed by atoms with van der Waals surface area (Å²) in [6, 6.07) is 13.0. The molecule has 0 aromatic heterocycles. The van der Waals surface area contributed by atoms with Crippen molar-refractivity contribution in [2.45, 2.75) is 64.5 Å². The van der Waals surface area contributed by atoms with Gasteiger partial charge in [0.1, 0.15) is 12.4 Å². The summed E-state index contributed by atoms with van der Waals surface area (Å²) < 4.78 is 16.7. The molecule has 0 bridgehead atoms. The molecule has 2 aromatic carbocycles. The lowest BCUT2D eigenvalue weighted by molar-refractivity contribution is -0.970. The number of esters is 2. The first kappa shape index (κ1) is 27.6. The second-order valence-corrected chi connectivity index (χ2v) is 10.4. The van der Waals surface area contributed by atoms with Crippen LogP contribution in [-0.4, -0.2) is 61.2 Å². The highest BCUT2D eigenvalue weighted by molar-refractivity contribution is 6.05. The van der Waals surface area contributed by atoms with Crippen LogP contribution in [0, 0.1) is 6.92 Å². The number of ether oxygens (including phenoxy) is 3. The molecule has 1 amide bonds. The van der Waals surface area contributed by atoms with Crippen molar-refractivity contribution in [1.29, 1.82) is 0 Å². The Labute approximate surface area is 224 Å². The molecule has 1 saturated carbocycles. The molecule has 0 atom stereocenters. The number of hydrogen-bond acceptors (Lipinski definition) is 6. The van der Waals surface area contributed by atoms with Crippen LogP contribution in [0.15, 0.2) is 42.5 Å². The van der Waals surface area contributed by atoms with Crippen LogP contribution in [0.2, 0.25) is 0 Å². The molecule has 1 heterocycles. The summed E-state index contributed by atoms with van der Waals surface area (Å²) in [5.41, 5.74) is 1.59. The smallest absolute Gasteiger partial charge is 0.362 e. The maximum Gasteiger partial charge on any atom is 0.362 e. The van der Waals surface area contributed by atoms with E-state index in [0.29, 0.717) is 34.3 Å². The highest BCUT2D eigenvalue weighted by Crippen LogP contribution is 2.46. The molecule has 8 heteroatoms. The highest BCUT2D eigenvalue weighted by atomic mass is 16.5. The third kappa shape index (κ3) is 5.55. The van der Waals surface area contributed by atoms with Crippen molar-refractivity contribution < 1.29 is 33.1 Å². The standard InChI is InChI=1S/C30H38N2O6/c1-4-37-28(34)25-19-24(36-3)18-22(2)27(25)31-29(35)30(14-11-15-30)32(16-9-6-10-17-32)20-26(33)38-21-23-12-7-5-8-13-23/h5,7-8,12-13,18-19H,4,6,9-11,14-17,20-21H2,1-3H3/p+1. The minimum Gasteiger partial charge on any atom is -0.497 e. The maximum atomic E-state index is 14.2. The van der Waals surface area contributed by atoms with Crippen LogP contribution >= 0.6 is 0 Å². The number of benzene rings is 2. The number of amides is 1. The Kier molecular flexibility index (Phi) is 8.72. The molecule has 2 aromatic rings. The molecule has 1 aliphatic heterocycles. The Bertz CT molecular complexity index is 1150. The lowest BCUT2D eigenvalue weighted by Gasteiger charge is -2.57. The zero-order valence-corrected chi connectivity index (χ0v) is 22.7. The van der Waals surface area contributed by atoms with E-state index in [-0.39, 0.29) is 37.2 Å². The van der Waals surface area contributed by atoms with E-state index in [0.717, 1.165) is 44.3 Å². The molecule has 2 aliphatic rings. The minimum absolute atomic E-state index is 0.152. The predicted molar refractivity (Wildman–Crippen MR) is 144 cm³/mol. The molecule has 0 spiro atoms. The van der Waals surface area contributed by atoms with Crippen LogP contribution in [-0.2, 0) is 25.7 Å². The fraction of sp³-hybridized carbons (Fsp3) is 0.500. The Morgan fingerprint density at radius 2 is 1.68 bits per heavy atom. The van der Waals surface area contributed by atoms with Gasteiger partial charge in [0.15, 0.2) is 12.1 Å². The largest absolute Gasteiger partial charge is 0.497 e. The number of quaternary nitrogens is 1. The number of nitrogens with one attached hydrogen (secondary N) is 1. The number of nitrogens with zero attached hydrogens (tertiary/aromatic N) is 1. The molecule has 0 radical (unpaired) electrons. The number of anilines is 1. The number of carbonyl (C=O) groups excluding carboxylic acids is 3. The molecule has 2 fully saturated rings. The Hall–Kier alpha value is -3.39. The summed E-state index contributed by atoms with van der Waals surface area (Å²) >= 11 is 0. The van der Waals surface area contributed by atoms with Gasteiger partial charge in [-0.1, -0.05) is 30.3 Å². The van der Waals surface area contributed by atoms with Crippen molar-refractivity contribution >= 4 is 23.5 Å². The van der Waals surface area contributed by atoms with Crippen LogP contribution in [0.4, 0.5) is 5.69 Å². The predicted octanol–water partition coefficient (Wildman–Crippen LogP) is 4.79. The van der Waals surface area contributed by atoms with Crippen molar-refractivity contribution in [3.05, 3.63) is 59.2 Å². The molecular weight excluding hydrogens is 484 g/mol. The van der Waals surface area contributed by atoms with Crippen molar-refractivity contribution in [2.75, 3.05) is 38.7 Å². The Morgan fingerprint density at radius 3 is 2.29 bits per heavy atom. The Balaban J connectivity index is 1.60. The average Bonchev–Trinajstić information content (AvgIpc) is 2.89. The SMILES string of the molecule is CCOC(=O)c1cc(OC)cc(C)c1NC(=O)C1([N+]2(CC(=O)OCc3ccccc3)CCCCC2)CCC1. The van der Waals surface area contributed by atoms with E-state index in [2.05, 4.69) is 5.32 Å². The van der Waals surface area contributed by atoms with Gasteiger partial charge in [-0.2, -0.15) is 0 Å². The van der Waals surface area contributed by atoms with E-state index in [1.54, 1.807) is 19.1 Å². The highest BCUT2D eigenvalue weighted by Gasteiger charge is 2.61. The number of hydrogen-bond donors (Lipinski definition) is 1. The van der Waals surface area contributed by atoms with Gasteiger partial charge in [0, 0.05) is 12.8 Å². The van der Waals surface area contributed by atoms with Crippen molar-refractivity contribution in [3.63, 3.8) is 0 Å². The summed E-state index contributed by atoms with van der Waals surface area (Å²) in [4.78, 5) is 40.1. The first-order chi connectivity index (χ1) is 18.3. The zero-order valence-electron chi connectivity index (χ0n) is 22.7. The van der Waals surface area contributed by atoms with Gasteiger partial charge < -0.3 is 24.0 Å². The van der Waals surface area contributed by atoms with Crippen molar-refractivity contribution in [1.82, 2.24) is 0 Å². The molecule has 8 nitrogen and oxygen atoms in total. The summed E-state index contributed by atoms with van der Waals surface area (Å²) in [6.45, 7) is 5.67. The molecule has 4 rings (SSSR count). The number of rotatable bonds is 10. The van der Waals surface area contributed by atoms with E-state index in [1.165, 1.54) is 7.11 Å². The number of aryl methyl sites for hydroxylation is 1. The summed E-state index contributed by atoms with van der Waals surface area (Å²) in [6.07, 6.45) is 5.29. The second kappa shape index (κ2) is 12.0. The number of piperidine rings is 1. The van der Waals surface area contributed by atoms with Crippen LogP contribution in [0.5, 0.6) is 5.75 Å². The van der Waals surface area contributed by atoms with Gasteiger partial charge in [-0.3, -0.25) is 4.79 Å². The third-order valence-electron chi connectivity index (χ3n) is 8.14. The molecule has 1 N–H and O–H groups in total. The number of methoxy groups -OCH3 is 1. The van der Waals surface area contributed by atoms with Crippen LogP contribution < -0.4 is 10.1 Å². The molecular formula is C30H39N2O6+. The topological polar surface area (TPSA) is 90.9 Å². The molecule has 0 unspecified atom stereocenters. The van der Waals surface area contributed by atoms with Crippen LogP contribution in [0.1, 0.15) is 66.9 Å². The zero-order chi connectivity index (χ0) is 27.2. The van der Waals surface area contributed by atoms with Crippen molar-refractivity contribution in [3.8, 4) is 5.75 Å². The van der Waals surface area contributed by atoms with E-state index in [9.17, 15) is 14.4 Å². The third-order valence-corrected chi connectivity index (χ3v) is 8.14. The number of likely N-dealkylation sites (tertiary alicyclic amines) is 1. The van der Waals surface area contributed by atoms with E-state index >= 15 is 0 Å². The first-order valence-corrected chi connectivity index (χ1v) is 13.6. The molecule has 1 saturated heterocycles. The van der Waals surface area contributed by atoms with Gasteiger partial charge in [-0.25, -0.2) is 9.59 Å². The first-order valence-electron chi connectivity index (χ1n) is 13.6. The fourth-order valence-electron chi connectivity index (χ4n) is 5.95. The summed E-state index contributed by atoms with van der Waals surface area (Å²) in [5, 5.41) is 3.10. The van der Waals surface area contributed by atoms with Gasteiger partial charge in [-0.15, -0.1) is 0 Å². The lowest BCUT2D eigenvalue weighted by Crippen LogP contribution is -2.74. The summed E-state index contributed by atoms with van der Waals surface area (Å²) in [5.74, 6) is -0.440. The van der Waals surface area contributed by atoms with Gasteiger partial charge in [0.2, 0.25) is 0 Å². The van der Waals surface area contributed by atoms with Gasteiger partial charge in [0.05, 0.1) is 38.1 Å². The fourth-order valence-corrected chi connectivity index (χ4v) is 5.95. The molecule has 38 heavy (non-hydrogen) atoms. The van der Waals surface area contributed by atoms with E-state index in [4.69, 9.17) is 14.2 Å². The normalized spacial score (nSPS) is 17.6. The molecule has 1 aliphatic carbocycles. The lowest BCUT2D eigenvalue weighted by atomic mass is 9.71. The molecule has 204 valence electrons. The van der Waals surface area contributed by atoms with Crippen LogP contribution in [0.3, 0.4) is 0 Å². The van der Waals surface area contributed by atoms with Crippen LogP contribution in [0.25, 0.3) is 0 Å².